The molecule has 0 aromatic carbocycles. The minimum atomic E-state index is -0.535. The van der Waals surface area contributed by atoms with Gasteiger partial charge in [0.2, 0.25) is 0 Å². The van der Waals surface area contributed by atoms with Gasteiger partial charge in [-0.15, -0.1) is 12.2 Å². The van der Waals surface area contributed by atoms with Gasteiger partial charge in [-0.3, -0.25) is 49.4 Å². The van der Waals surface area contributed by atoms with Crippen LogP contribution in [0.3, 0.4) is 0 Å². The van der Waals surface area contributed by atoms with Gasteiger partial charge >= 0.3 is 68.3 Å². The quantitative estimate of drug-likeness (QED) is 0.0233. The Labute approximate surface area is 423 Å². The van der Waals surface area contributed by atoms with Crippen LogP contribution in [-0.2, 0) is 94.5 Å². The summed E-state index contributed by atoms with van der Waals surface area (Å²) in [4.78, 5) is 25.9. The van der Waals surface area contributed by atoms with E-state index in [1.807, 2.05) is 72.8 Å². The third-order valence-corrected chi connectivity index (χ3v) is 6.70. The number of hydrogen-bond acceptors (Lipinski definition) is 10. The molecule has 0 saturated carbocycles. The molecule has 0 spiro atoms. The number of aromatic nitrogens is 4. The molecule has 4 aromatic rings. The topological polar surface area (TPSA) is 498 Å². The smallest absolute Gasteiger partial charge is 0.852 e. The molecule has 0 aliphatic carbocycles. The van der Waals surface area contributed by atoms with Crippen molar-refractivity contribution in [3.8, 4) is 0 Å². The second-order valence-electron chi connectivity index (χ2n) is 10.9. The van der Waals surface area contributed by atoms with Crippen molar-refractivity contribution < 1.29 is 78.5 Å². The maximum atomic E-state index is 11.8. The molecule has 4 aromatic heterocycles. The molecule has 0 atom stereocenters. The predicted molar refractivity (Wildman–Crippen MR) is 230 cm³/mol. The molecule has 0 fully saturated rings. The van der Waals surface area contributed by atoms with E-state index < -0.39 is 12.2 Å². The summed E-state index contributed by atoms with van der Waals surface area (Å²) in [5.41, 5.74) is 85.0. The molecule has 4 N–H and O–H groups in total. The van der Waals surface area contributed by atoms with Gasteiger partial charge in [0.25, 0.3) is 0 Å². The van der Waals surface area contributed by atoms with Crippen LogP contribution in [0.4, 0.5) is 0 Å². The largest absolute Gasteiger partial charge is 3.00 e. The standard InChI is InChI=1S/2C17H23N4O.4Fe.6N3/c2*22-17(7-11-18-13-15-5-1-3-9-20-15)8-12-19-14-16-6-2-4-10-21-16;;;;;6*1-3-2/h2*1-6,9-10,17-19H,7-8,11-14H2;;;;;;;;;;/q2*-1;4*+3;6*-1. The summed E-state index contributed by atoms with van der Waals surface area (Å²) < 4.78 is 0. The Morgan fingerprint density at radius 2 is 0.515 bits per heavy atom. The predicted octanol–water partition coefficient (Wildman–Crippen LogP) is 6.92. The first-order chi connectivity index (χ1) is 30.2. The Balaban J connectivity index is -0.000000119. The Hall–Kier alpha value is -5.70. The molecular formula is C34H46Fe4N26O2+4. The van der Waals surface area contributed by atoms with Crippen LogP contribution in [0.5, 0.6) is 0 Å². The maximum Gasteiger partial charge on any atom is 3.00 e. The van der Waals surface area contributed by atoms with Gasteiger partial charge in [0, 0.05) is 51.0 Å². The number of hydrogen-bond donors (Lipinski definition) is 4. The van der Waals surface area contributed by atoms with E-state index in [9.17, 15) is 10.2 Å². The van der Waals surface area contributed by atoms with Crippen molar-refractivity contribution in [1.82, 2.24) is 41.2 Å². The first-order valence-corrected chi connectivity index (χ1v) is 17.8. The van der Waals surface area contributed by atoms with Gasteiger partial charge in [0.1, 0.15) is 0 Å². The second kappa shape index (κ2) is 68.4. The van der Waals surface area contributed by atoms with Crippen molar-refractivity contribution in [2.45, 2.75) is 64.1 Å². The van der Waals surface area contributed by atoms with Gasteiger partial charge in [-0.25, -0.2) is 0 Å². The van der Waals surface area contributed by atoms with Crippen molar-refractivity contribution in [3.63, 3.8) is 0 Å². The summed E-state index contributed by atoms with van der Waals surface area (Å²) in [5.74, 6) is 0. The Bertz CT molecular complexity index is 1510. The van der Waals surface area contributed by atoms with Crippen LogP contribution in [0.15, 0.2) is 97.6 Å². The molecule has 4 heterocycles. The van der Waals surface area contributed by atoms with Gasteiger partial charge in [-0.1, -0.05) is 49.9 Å². The molecule has 4 rings (SSSR count). The van der Waals surface area contributed by atoms with Crippen molar-refractivity contribution >= 4 is 0 Å². The zero-order valence-corrected chi connectivity index (χ0v) is 39.4. The van der Waals surface area contributed by atoms with E-state index in [0.717, 1.165) is 49.0 Å². The minimum Gasteiger partial charge on any atom is -0.852 e. The average molecular weight is 1070 g/mol. The van der Waals surface area contributed by atoms with Crippen LogP contribution in [0.2, 0.25) is 0 Å². The van der Waals surface area contributed by atoms with E-state index in [1.165, 1.54) is 29.5 Å². The first-order valence-electron chi connectivity index (χ1n) is 17.8. The minimum absolute atomic E-state index is 0. The van der Waals surface area contributed by atoms with Gasteiger partial charge < -0.3 is 97.9 Å². The van der Waals surface area contributed by atoms with Crippen molar-refractivity contribution in [1.29, 1.82) is 0 Å². The van der Waals surface area contributed by atoms with E-state index in [0.29, 0.717) is 51.9 Å². The van der Waals surface area contributed by atoms with Gasteiger partial charge in [-0.05, 0) is 74.7 Å². The Morgan fingerprint density at radius 1 is 0.348 bits per heavy atom. The summed E-state index contributed by atoms with van der Waals surface area (Å²) in [6.07, 6.45) is 8.59. The zero-order valence-electron chi connectivity index (χ0n) is 34.9. The zero-order chi connectivity index (χ0) is 47.2. The summed E-state index contributed by atoms with van der Waals surface area (Å²) in [5, 5.41) is 36.7. The molecule has 0 saturated heterocycles. The molecule has 66 heavy (non-hydrogen) atoms. The van der Waals surface area contributed by atoms with E-state index in [-0.39, 0.29) is 68.3 Å². The van der Waals surface area contributed by atoms with E-state index in [4.69, 9.17) is 66.4 Å². The SMILES string of the molecule is [Fe+3].[Fe+3].[Fe+3].[Fe+3].[N-]=[N+]=[N-].[N-]=[N+]=[N-].[N-]=[N+]=[N-].[N-]=[N+]=[N-].[N-]=[N+]=[N-].[N-]=[N+]=[N-].[O-]C(CCNCc1ccccn1)CCNCc1ccccn1.[O-]C(CCNCc1ccccn1)CCNCc1ccccn1. The van der Waals surface area contributed by atoms with Crippen LogP contribution in [0.1, 0.15) is 48.5 Å². The van der Waals surface area contributed by atoms with E-state index >= 15 is 0 Å². The average Bonchev–Trinajstić information content (AvgIpc) is 3.28. The molecule has 0 aliphatic rings. The normalized spacial score (nSPS) is 8.06. The molecule has 0 aliphatic heterocycles. The summed E-state index contributed by atoms with van der Waals surface area (Å²) in [6, 6.07) is 23.4. The second-order valence-corrected chi connectivity index (χ2v) is 10.9. The third kappa shape index (κ3) is 64.9. The summed E-state index contributed by atoms with van der Waals surface area (Å²) in [6.45, 7) is 5.76. The number of nitrogens with zero attached hydrogens (tertiary/aromatic N) is 22. The molecule has 352 valence electrons. The molecule has 0 amide bonds. The molecule has 4 radical (unpaired) electrons. The van der Waals surface area contributed by atoms with Crippen molar-refractivity contribution in [3.05, 3.63) is 216 Å². The van der Waals surface area contributed by atoms with Crippen LogP contribution in [0.25, 0.3) is 95.8 Å². The number of nitrogens with one attached hydrogen (secondary N) is 4. The van der Waals surface area contributed by atoms with E-state index in [2.05, 4.69) is 41.2 Å². The maximum absolute atomic E-state index is 11.8. The molecule has 32 heteroatoms. The fourth-order valence-corrected chi connectivity index (χ4v) is 4.22. The molecule has 28 nitrogen and oxygen atoms in total. The van der Waals surface area contributed by atoms with Gasteiger partial charge in [0.15, 0.2) is 0 Å². The number of pyridine rings is 4. The van der Waals surface area contributed by atoms with Crippen LogP contribution < -0.4 is 31.5 Å². The fourth-order valence-electron chi connectivity index (χ4n) is 4.22. The van der Waals surface area contributed by atoms with Gasteiger partial charge in [0.05, 0.1) is 22.8 Å². The van der Waals surface area contributed by atoms with Crippen molar-refractivity contribution in [2.24, 2.45) is 0 Å². The number of rotatable bonds is 20. The third-order valence-electron chi connectivity index (χ3n) is 6.70. The Kier molecular flexibility index (Phi) is 80.3. The van der Waals surface area contributed by atoms with Gasteiger partial charge in [-0.2, -0.15) is 0 Å². The van der Waals surface area contributed by atoms with E-state index in [1.54, 1.807) is 24.8 Å². The molecule has 0 unspecified atom stereocenters. The first kappa shape index (κ1) is 77.5. The van der Waals surface area contributed by atoms with Crippen LogP contribution in [0, 0.1) is 0 Å². The summed E-state index contributed by atoms with van der Waals surface area (Å²) >= 11 is 0. The van der Waals surface area contributed by atoms with Crippen molar-refractivity contribution in [2.75, 3.05) is 26.2 Å². The Morgan fingerprint density at radius 3 is 0.652 bits per heavy atom. The molecule has 0 bridgehead atoms. The summed E-state index contributed by atoms with van der Waals surface area (Å²) in [7, 11) is 0. The van der Waals surface area contributed by atoms with Crippen LogP contribution in [-0.4, -0.2) is 58.3 Å². The van der Waals surface area contributed by atoms with Crippen LogP contribution >= 0.6 is 0 Å². The monoisotopic (exact) mass is 1070 g/mol. The fraction of sp³-hybridized carbons (Fsp3) is 0.412. The molecular weight excluding hydrogens is 1030 g/mol.